The minimum absolute atomic E-state index is 0.267. The SMILES string of the molecule is Cc1ccc(CC(=O)CCCc2ccc(-c3cccnc3F)cc2)cc1. The maximum Gasteiger partial charge on any atom is 0.220 e. The van der Waals surface area contributed by atoms with Crippen molar-refractivity contribution >= 4 is 5.78 Å². The van der Waals surface area contributed by atoms with Crippen LogP contribution in [0, 0.1) is 12.9 Å². The third kappa shape index (κ3) is 4.85. The van der Waals surface area contributed by atoms with Gasteiger partial charge in [0.1, 0.15) is 5.78 Å². The number of halogens is 1. The van der Waals surface area contributed by atoms with Crippen LogP contribution in [0.3, 0.4) is 0 Å². The topological polar surface area (TPSA) is 30.0 Å². The number of Topliss-reactive ketones (excluding diaryl/α,β-unsaturated/α-hetero) is 1. The van der Waals surface area contributed by atoms with Crippen molar-refractivity contribution in [2.24, 2.45) is 0 Å². The second-order valence-corrected chi connectivity index (χ2v) is 6.59. The number of hydrogen-bond donors (Lipinski definition) is 0. The van der Waals surface area contributed by atoms with Crippen molar-refractivity contribution in [3.63, 3.8) is 0 Å². The second kappa shape index (κ2) is 8.52. The Morgan fingerprint density at radius 1 is 0.962 bits per heavy atom. The molecule has 3 heteroatoms. The molecule has 3 aromatic rings. The third-order valence-electron chi connectivity index (χ3n) is 4.47. The van der Waals surface area contributed by atoms with E-state index in [0.29, 0.717) is 18.4 Å². The highest BCUT2D eigenvalue weighted by molar-refractivity contribution is 5.80. The Balaban J connectivity index is 1.50. The predicted octanol–water partition coefficient (Wildman–Crippen LogP) is 5.33. The number of aryl methyl sites for hydroxylation is 2. The predicted molar refractivity (Wildman–Crippen MR) is 102 cm³/mol. The average Bonchev–Trinajstić information content (AvgIpc) is 2.65. The summed E-state index contributed by atoms with van der Waals surface area (Å²) < 4.78 is 13.7. The lowest BCUT2D eigenvalue weighted by Crippen LogP contribution is -2.03. The molecule has 0 aliphatic rings. The number of ketones is 1. The normalized spacial score (nSPS) is 10.7. The van der Waals surface area contributed by atoms with Gasteiger partial charge in [-0.2, -0.15) is 4.39 Å². The minimum atomic E-state index is -0.457. The smallest absolute Gasteiger partial charge is 0.220 e. The fourth-order valence-electron chi connectivity index (χ4n) is 2.96. The first kappa shape index (κ1) is 18.0. The molecule has 1 aromatic heterocycles. The molecule has 0 aliphatic heterocycles. The van der Waals surface area contributed by atoms with E-state index in [2.05, 4.69) is 4.98 Å². The van der Waals surface area contributed by atoms with Crippen LogP contribution >= 0.6 is 0 Å². The van der Waals surface area contributed by atoms with Crippen molar-refractivity contribution in [3.05, 3.63) is 89.5 Å². The molecule has 0 fully saturated rings. The van der Waals surface area contributed by atoms with Gasteiger partial charge in [0, 0.05) is 24.6 Å². The van der Waals surface area contributed by atoms with Crippen LogP contribution in [-0.2, 0) is 17.6 Å². The van der Waals surface area contributed by atoms with Gasteiger partial charge in [0.2, 0.25) is 5.95 Å². The number of carbonyl (C=O) groups is 1. The van der Waals surface area contributed by atoms with E-state index in [9.17, 15) is 9.18 Å². The van der Waals surface area contributed by atoms with Gasteiger partial charge in [0.25, 0.3) is 0 Å². The van der Waals surface area contributed by atoms with Gasteiger partial charge < -0.3 is 0 Å². The van der Waals surface area contributed by atoms with Gasteiger partial charge in [-0.1, -0.05) is 54.1 Å². The van der Waals surface area contributed by atoms with Crippen molar-refractivity contribution in [1.82, 2.24) is 4.98 Å². The van der Waals surface area contributed by atoms with E-state index in [1.807, 2.05) is 55.5 Å². The molecule has 0 saturated heterocycles. The lowest BCUT2D eigenvalue weighted by atomic mass is 10.00. The van der Waals surface area contributed by atoms with Crippen molar-refractivity contribution in [2.75, 3.05) is 0 Å². The molecule has 1 heterocycles. The maximum atomic E-state index is 13.7. The van der Waals surface area contributed by atoms with Gasteiger partial charge in [0.15, 0.2) is 0 Å². The van der Waals surface area contributed by atoms with Gasteiger partial charge >= 0.3 is 0 Å². The first-order valence-corrected chi connectivity index (χ1v) is 8.89. The molecule has 0 amide bonds. The van der Waals surface area contributed by atoms with Crippen LogP contribution < -0.4 is 0 Å². The molecule has 2 aromatic carbocycles. The van der Waals surface area contributed by atoms with E-state index in [1.165, 1.54) is 11.8 Å². The standard InChI is InChI=1S/C23H22FNO/c1-17-7-9-19(10-8-17)16-21(26)5-2-4-18-11-13-20(14-12-18)22-6-3-15-25-23(22)24/h3,6-15H,2,4-5,16H2,1H3. The minimum Gasteiger partial charge on any atom is -0.299 e. The molecule has 0 N–H and O–H groups in total. The second-order valence-electron chi connectivity index (χ2n) is 6.59. The zero-order valence-electron chi connectivity index (χ0n) is 14.9. The Morgan fingerprint density at radius 3 is 2.35 bits per heavy atom. The first-order valence-electron chi connectivity index (χ1n) is 8.89. The molecule has 2 nitrogen and oxygen atoms in total. The number of pyridine rings is 1. The monoisotopic (exact) mass is 347 g/mol. The fourth-order valence-corrected chi connectivity index (χ4v) is 2.96. The summed E-state index contributed by atoms with van der Waals surface area (Å²) in [4.78, 5) is 15.8. The van der Waals surface area contributed by atoms with Crippen LogP contribution in [0.4, 0.5) is 4.39 Å². The van der Waals surface area contributed by atoms with Gasteiger partial charge in [0.05, 0.1) is 0 Å². The van der Waals surface area contributed by atoms with Crippen molar-refractivity contribution in [2.45, 2.75) is 32.6 Å². The number of carbonyl (C=O) groups excluding carboxylic acids is 1. The molecule has 0 bridgehead atoms. The largest absolute Gasteiger partial charge is 0.299 e. The number of hydrogen-bond acceptors (Lipinski definition) is 2. The van der Waals surface area contributed by atoms with E-state index >= 15 is 0 Å². The molecule has 0 aliphatic carbocycles. The maximum absolute atomic E-state index is 13.7. The Bertz CT molecular complexity index is 869. The Hall–Kier alpha value is -2.81. The summed E-state index contributed by atoms with van der Waals surface area (Å²) in [6.07, 6.45) is 4.19. The van der Waals surface area contributed by atoms with Crippen LogP contribution in [0.25, 0.3) is 11.1 Å². The van der Waals surface area contributed by atoms with Gasteiger partial charge in [-0.05, 0) is 48.6 Å². The summed E-state index contributed by atoms with van der Waals surface area (Å²) in [5, 5.41) is 0. The van der Waals surface area contributed by atoms with E-state index < -0.39 is 5.95 Å². The number of rotatable bonds is 7. The van der Waals surface area contributed by atoms with Crippen molar-refractivity contribution in [1.29, 1.82) is 0 Å². The van der Waals surface area contributed by atoms with Crippen LogP contribution in [0.1, 0.15) is 29.5 Å². The molecule has 3 rings (SSSR count). The Morgan fingerprint density at radius 2 is 1.65 bits per heavy atom. The van der Waals surface area contributed by atoms with Crippen molar-refractivity contribution in [3.8, 4) is 11.1 Å². The number of aromatic nitrogens is 1. The molecule has 0 saturated carbocycles. The molecule has 0 atom stereocenters. The van der Waals surface area contributed by atoms with Gasteiger partial charge in [-0.3, -0.25) is 4.79 Å². The summed E-state index contributed by atoms with van der Waals surface area (Å²) in [6, 6.07) is 19.4. The van der Waals surface area contributed by atoms with E-state index in [1.54, 1.807) is 12.1 Å². The highest BCUT2D eigenvalue weighted by Gasteiger charge is 2.06. The fraction of sp³-hybridized carbons (Fsp3) is 0.217. The molecular weight excluding hydrogens is 325 g/mol. The zero-order valence-corrected chi connectivity index (χ0v) is 14.9. The number of benzene rings is 2. The van der Waals surface area contributed by atoms with E-state index in [-0.39, 0.29) is 5.78 Å². The van der Waals surface area contributed by atoms with Gasteiger partial charge in [-0.15, -0.1) is 0 Å². The summed E-state index contributed by atoms with van der Waals surface area (Å²) >= 11 is 0. The first-order chi connectivity index (χ1) is 12.6. The summed E-state index contributed by atoms with van der Waals surface area (Å²) in [5.41, 5.74) is 4.75. The highest BCUT2D eigenvalue weighted by Crippen LogP contribution is 2.22. The Labute approximate surface area is 153 Å². The third-order valence-corrected chi connectivity index (χ3v) is 4.47. The zero-order chi connectivity index (χ0) is 18.4. The van der Waals surface area contributed by atoms with Crippen LogP contribution in [0.2, 0.25) is 0 Å². The molecule has 0 spiro atoms. The quantitative estimate of drug-likeness (QED) is 0.541. The van der Waals surface area contributed by atoms with Crippen molar-refractivity contribution < 1.29 is 9.18 Å². The van der Waals surface area contributed by atoms with Crippen LogP contribution in [0.5, 0.6) is 0 Å². The van der Waals surface area contributed by atoms with Crippen LogP contribution in [-0.4, -0.2) is 10.8 Å². The summed E-state index contributed by atoms with van der Waals surface area (Å²) in [6.45, 7) is 2.04. The molecular formula is C23H22FNO. The highest BCUT2D eigenvalue weighted by atomic mass is 19.1. The van der Waals surface area contributed by atoms with E-state index in [4.69, 9.17) is 0 Å². The summed E-state index contributed by atoms with van der Waals surface area (Å²) in [5.74, 6) is -0.190. The van der Waals surface area contributed by atoms with Gasteiger partial charge in [-0.25, -0.2) is 4.98 Å². The molecule has 132 valence electrons. The summed E-state index contributed by atoms with van der Waals surface area (Å²) in [7, 11) is 0. The van der Waals surface area contributed by atoms with Crippen LogP contribution in [0.15, 0.2) is 66.9 Å². The lowest BCUT2D eigenvalue weighted by molar-refractivity contribution is -0.118. The Kier molecular flexibility index (Phi) is 5.90. The molecule has 26 heavy (non-hydrogen) atoms. The average molecular weight is 347 g/mol. The lowest BCUT2D eigenvalue weighted by Gasteiger charge is -2.06. The number of nitrogens with zero attached hydrogens (tertiary/aromatic N) is 1. The molecule has 0 radical (unpaired) electrons. The van der Waals surface area contributed by atoms with E-state index in [0.717, 1.165) is 29.5 Å². The molecule has 0 unspecified atom stereocenters.